The van der Waals surface area contributed by atoms with Crippen LogP contribution in [0.2, 0.25) is 0 Å². The highest BCUT2D eigenvalue weighted by atomic mass is 16.5. The maximum Gasteiger partial charge on any atom is 0.255 e. The molecule has 0 radical (unpaired) electrons. The van der Waals surface area contributed by atoms with Gasteiger partial charge in [0.25, 0.3) is 5.56 Å². The lowest BCUT2D eigenvalue weighted by Crippen LogP contribution is -2.34. The first kappa shape index (κ1) is 20.3. The van der Waals surface area contributed by atoms with Crippen molar-refractivity contribution >= 4 is 17.9 Å². The van der Waals surface area contributed by atoms with E-state index in [2.05, 4.69) is 25.0 Å². The summed E-state index contributed by atoms with van der Waals surface area (Å²) in [6, 6.07) is 9.54. The van der Waals surface area contributed by atoms with Crippen molar-refractivity contribution in [1.29, 1.82) is 0 Å². The monoisotopic (exact) mass is 433 g/mol. The SMILES string of the molecule is Cn1c(N2CCOC(c3ccc(-c4ncon4)cc3)CC2)nc(C2=NCN=CC2)cc1=O. The maximum atomic E-state index is 12.6. The molecular weight excluding hydrogens is 410 g/mol. The Morgan fingerprint density at radius 3 is 2.78 bits per heavy atom. The van der Waals surface area contributed by atoms with Crippen LogP contribution in [0.5, 0.6) is 0 Å². The Hall–Kier alpha value is -3.66. The number of hydrogen-bond acceptors (Lipinski definition) is 9. The predicted octanol–water partition coefficient (Wildman–Crippen LogP) is 2.02. The molecule has 1 aromatic carbocycles. The lowest BCUT2D eigenvalue weighted by molar-refractivity contribution is 0.0647. The standard InChI is InChI=1S/C22H23N7O3/c1-28-20(30)12-18(17-6-8-23-13-24-17)26-22(28)29-9-7-19(31-11-10-29)15-2-4-16(5-3-15)21-25-14-32-27-21/h2-5,8,12,14,19H,6-7,9-11,13H2,1H3. The van der Waals surface area contributed by atoms with Crippen molar-refractivity contribution in [2.45, 2.75) is 18.9 Å². The number of anilines is 1. The van der Waals surface area contributed by atoms with E-state index in [9.17, 15) is 4.79 Å². The molecular formula is C22H23N7O3. The smallest absolute Gasteiger partial charge is 0.255 e. The molecule has 1 saturated heterocycles. The average Bonchev–Trinajstić information content (AvgIpc) is 3.27. The van der Waals surface area contributed by atoms with Crippen molar-refractivity contribution in [3.05, 3.63) is 58.3 Å². The largest absolute Gasteiger partial charge is 0.372 e. The second-order valence-corrected chi connectivity index (χ2v) is 7.67. The summed E-state index contributed by atoms with van der Waals surface area (Å²) in [5, 5.41) is 3.87. The highest BCUT2D eigenvalue weighted by Gasteiger charge is 2.23. The second-order valence-electron chi connectivity index (χ2n) is 7.67. The number of hydrogen-bond donors (Lipinski definition) is 0. The van der Waals surface area contributed by atoms with Crippen LogP contribution in [0.3, 0.4) is 0 Å². The normalized spacial score (nSPS) is 19.0. The van der Waals surface area contributed by atoms with E-state index in [0.29, 0.717) is 43.7 Å². The number of nitrogens with zero attached hydrogens (tertiary/aromatic N) is 7. The van der Waals surface area contributed by atoms with Crippen molar-refractivity contribution in [3.63, 3.8) is 0 Å². The minimum atomic E-state index is -0.103. The number of benzene rings is 1. The molecule has 0 saturated carbocycles. The lowest BCUT2D eigenvalue weighted by Gasteiger charge is -2.23. The first-order chi connectivity index (χ1) is 15.7. The van der Waals surface area contributed by atoms with Gasteiger partial charge in [-0.05, 0) is 12.0 Å². The first-order valence-electron chi connectivity index (χ1n) is 10.5. The molecule has 0 spiro atoms. The molecule has 3 aromatic rings. The van der Waals surface area contributed by atoms with Crippen LogP contribution in [0.1, 0.15) is 30.2 Å². The van der Waals surface area contributed by atoms with Crippen molar-refractivity contribution in [3.8, 4) is 11.4 Å². The van der Waals surface area contributed by atoms with Gasteiger partial charge in [0.1, 0.15) is 6.67 Å². The summed E-state index contributed by atoms with van der Waals surface area (Å²) < 4.78 is 12.5. The van der Waals surface area contributed by atoms with E-state index < -0.39 is 0 Å². The quantitative estimate of drug-likeness (QED) is 0.619. The highest BCUT2D eigenvalue weighted by molar-refractivity contribution is 6.06. The van der Waals surface area contributed by atoms with Gasteiger partial charge in [0.2, 0.25) is 18.2 Å². The summed E-state index contributed by atoms with van der Waals surface area (Å²) in [4.78, 5) is 32.1. The van der Waals surface area contributed by atoms with Crippen LogP contribution in [0, 0.1) is 0 Å². The van der Waals surface area contributed by atoms with Gasteiger partial charge in [0.05, 0.1) is 24.1 Å². The Morgan fingerprint density at radius 2 is 2.03 bits per heavy atom. The number of aliphatic imine (C=N–C) groups is 2. The molecule has 1 fully saturated rings. The Morgan fingerprint density at radius 1 is 1.16 bits per heavy atom. The Labute approximate surface area is 184 Å². The Kier molecular flexibility index (Phi) is 5.59. The molecule has 5 rings (SSSR count). The summed E-state index contributed by atoms with van der Waals surface area (Å²) >= 11 is 0. The van der Waals surface area contributed by atoms with Gasteiger partial charge >= 0.3 is 0 Å². The fourth-order valence-electron chi connectivity index (χ4n) is 3.92. The van der Waals surface area contributed by atoms with Crippen LogP contribution in [0.15, 0.2) is 56.0 Å². The molecule has 4 heterocycles. The molecule has 164 valence electrons. The topological polar surface area (TPSA) is 111 Å². The van der Waals surface area contributed by atoms with Crippen molar-refractivity contribution < 1.29 is 9.26 Å². The number of rotatable bonds is 4. The summed E-state index contributed by atoms with van der Waals surface area (Å²) in [5.74, 6) is 1.19. The van der Waals surface area contributed by atoms with E-state index in [1.165, 1.54) is 6.39 Å². The van der Waals surface area contributed by atoms with E-state index in [4.69, 9.17) is 14.2 Å². The molecule has 10 nitrogen and oxygen atoms in total. The van der Waals surface area contributed by atoms with Crippen LogP contribution in [-0.4, -0.2) is 58.0 Å². The second kappa shape index (κ2) is 8.83. The zero-order valence-corrected chi connectivity index (χ0v) is 17.7. The molecule has 10 heteroatoms. The lowest BCUT2D eigenvalue weighted by atomic mass is 10.0. The number of ether oxygens (including phenoxy) is 1. The van der Waals surface area contributed by atoms with E-state index in [1.54, 1.807) is 17.7 Å². The molecule has 2 aliphatic heterocycles. The summed E-state index contributed by atoms with van der Waals surface area (Å²) in [6.07, 6.45) is 4.45. The van der Waals surface area contributed by atoms with Crippen LogP contribution < -0.4 is 10.5 Å². The van der Waals surface area contributed by atoms with E-state index in [0.717, 1.165) is 29.8 Å². The predicted molar refractivity (Wildman–Crippen MR) is 119 cm³/mol. The van der Waals surface area contributed by atoms with Crippen molar-refractivity contribution in [2.24, 2.45) is 17.0 Å². The van der Waals surface area contributed by atoms with Crippen molar-refractivity contribution in [2.75, 3.05) is 31.3 Å². The zero-order chi connectivity index (χ0) is 21.9. The molecule has 1 unspecified atom stereocenters. The van der Waals surface area contributed by atoms with E-state index in [1.807, 2.05) is 30.5 Å². The van der Waals surface area contributed by atoms with Crippen LogP contribution >= 0.6 is 0 Å². The van der Waals surface area contributed by atoms with Gasteiger partial charge in [-0.25, -0.2) is 4.98 Å². The molecule has 0 bridgehead atoms. The fraction of sp³-hybridized carbons (Fsp3) is 0.364. The van der Waals surface area contributed by atoms with Crippen LogP contribution in [0.4, 0.5) is 5.95 Å². The average molecular weight is 433 g/mol. The minimum Gasteiger partial charge on any atom is -0.372 e. The maximum absolute atomic E-state index is 12.6. The molecule has 1 atom stereocenters. The van der Waals surface area contributed by atoms with Crippen LogP contribution in [0.25, 0.3) is 11.4 Å². The number of aromatic nitrogens is 4. The van der Waals surface area contributed by atoms with Gasteiger partial charge in [0, 0.05) is 44.4 Å². The Balaban J connectivity index is 1.34. The fourth-order valence-corrected chi connectivity index (χ4v) is 3.92. The summed E-state index contributed by atoms with van der Waals surface area (Å²) in [6.45, 7) is 2.28. The third-order valence-corrected chi connectivity index (χ3v) is 5.69. The third kappa shape index (κ3) is 4.09. The van der Waals surface area contributed by atoms with Gasteiger partial charge in [-0.3, -0.25) is 19.3 Å². The van der Waals surface area contributed by atoms with E-state index in [-0.39, 0.29) is 11.7 Å². The van der Waals surface area contributed by atoms with Gasteiger partial charge in [-0.2, -0.15) is 4.98 Å². The zero-order valence-electron chi connectivity index (χ0n) is 17.7. The molecule has 0 N–H and O–H groups in total. The Bertz CT molecular complexity index is 1200. The van der Waals surface area contributed by atoms with Crippen LogP contribution in [-0.2, 0) is 11.8 Å². The molecule has 2 aliphatic rings. The highest BCUT2D eigenvalue weighted by Crippen LogP contribution is 2.27. The minimum absolute atomic E-state index is 0.0431. The van der Waals surface area contributed by atoms with Gasteiger partial charge < -0.3 is 14.2 Å². The molecule has 32 heavy (non-hydrogen) atoms. The third-order valence-electron chi connectivity index (χ3n) is 5.69. The summed E-state index contributed by atoms with van der Waals surface area (Å²) in [7, 11) is 1.75. The van der Waals surface area contributed by atoms with Crippen molar-refractivity contribution in [1.82, 2.24) is 19.7 Å². The van der Waals surface area contributed by atoms with E-state index >= 15 is 0 Å². The summed E-state index contributed by atoms with van der Waals surface area (Å²) in [5.41, 5.74) is 3.29. The van der Waals surface area contributed by atoms with Gasteiger partial charge in [-0.1, -0.05) is 29.4 Å². The van der Waals surface area contributed by atoms with Gasteiger partial charge in [0.15, 0.2) is 0 Å². The first-order valence-corrected chi connectivity index (χ1v) is 10.5. The molecule has 0 amide bonds. The molecule has 0 aliphatic carbocycles. The van der Waals surface area contributed by atoms with Gasteiger partial charge in [-0.15, -0.1) is 0 Å². The molecule has 2 aromatic heterocycles.